The van der Waals surface area contributed by atoms with Crippen LogP contribution >= 0.6 is 11.5 Å². The third-order valence-corrected chi connectivity index (χ3v) is 4.50. The van der Waals surface area contributed by atoms with E-state index in [0.717, 1.165) is 6.42 Å². The van der Waals surface area contributed by atoms with Crippen LogP contribution in [-0.2, 0) is 13.0 Å². The first-order chi connectivity index (χ1) is 10.6. The van der Waals surface area contributed by atoms with Crippen molar-refractivity contribution in [3.63, 3.8) is 0 Å². The van der Waals surface area contributed by atoms with E-state index in [-0.39, 0.29) is 12.1 Å². The van der Waals surface area contributed by atoms with E-state index >= 15 is 0 Å². The first-order valence-corrected chi connectivity index (χ1v) is 7.96. The van der Waals surface area contributed by atoms with E-state index in [9.17, 15) is 9.90 Å². The normalized spacial score (nSPS) is 12.6. The zero-order valence-electron chi connectivity index (χ0n) is 12.3. The van der Waals surface area contributed by atoms with Crippen molar-refractivity contribution < 1.29 is 5.11 Å². The van der Waals surface area contributed by atoms with Gasteiger partial charge in [0.05, 0.1) is 30.1 Å². The van der Waals surface area contributed by atoms with Crippen LogP contribution in [0, 0.1) is 6.92 Å². The van der Waals surface area contributed by atoms with Crippen molar-refractivity contribution in [2.75, 3.05) is 0 Å². The molecule has 1 N–H and O–H groups in total. The zero-order valence-corrected chi connectivity index (χ0v) is 13.1. The second-order valence-electron chi connectivity index (χ2n) is 5.33. The molecule has 22 heavy (non-hydrogen) atoms. The maximum atomic E-state index is 12.4. The highest BCUT2D eigenvalue weighted by atomic mass is 32.1. The molecule has 0 aliphatic rings. The molecular formula is C16H17N3O2S. The van der Waals surface area contributed by atoms with Crippen LogP contribution < -0.4 is 5.56 Å². The Kier molecular flexibility index (Phi) is 4.31. The Morgan fingerprint density at radius 3 is 2.86 bits per heavy atom. The molecule has 1 unspecified atom stereocenters. The molecule has 2 heterocycles. The Labute approximate surface area is 132 Å². The molecule has 0 fully saturated rings. The summed E-state index contributed by atoms with van der Waals surface area (Å²) in [6, 6.07) is 10.0. The van der Waals surface area contributed by atoms with Gasteiger partial charge in [-0.2, -0.15) is 4.37 Å². The molecule has 1 atom stereocenters. The minimum atomic E-state index is -0.580. The number of aryl methyl sites for hydroxylation is 2. The molecule has 0 saturated heterocycles. The Bertz CT molecular complexity index is 826. The summed E-state index contributed by atoms with van der Waals surface area (Å²) >= 11 is 1.23. The molecule has 6 heteroatoms. The number of aromatic nitrogens is 3. The smallest absolute Gasteiger partial charge is 0.264 e. The highest BCUT2D eigenvalue weighted by Gasteiger charge is 2.13. The largest absolute Gasteiger partial charge is 0.391 e. The fraction of sp³-hybridized carbons (Fsp3) is 0.312. The molecule has 3 aromatic rings. The molecule has 0 aliphatic heterocycles. The molecule has 0 amide bonds. The first-order valence-electron chi connectivity index (χ1n) is 7.18. The van der Waals surface area contributed by atoms with Gasteiger partial charge in [0.1, 0.15) is 0 Å². The number of rotatable bonds is 5. The molecular weight excluding hydrogens is 298 g/mol. The lowest BCUT2D eigenvalue weighted by molar-refractivity contribution is 0.143. The van der Waals surface area contributed by atoms with Crippen LogP contribution in [0.2, 0.25) is 0 Å². The molecule has 0 saturated carbocycles. The van der Waals surface area contributed by atoms with Crippen molar-refractivity contribution >= 4 is 21.7 Å². The number of nitrogens with zero attached hydrogens (tertiary/aromatic N) is 3. The Morgan fingerprint density at radius 1 is 1.32 bits per heavy atom. The van der Waals surface area contributed by atoms with Gasteiger partial charge in [-0.15, -0.1) is 0 Å². The quantitative estimate of drug-likeness (QED) is 0.783. The van der Waals surface area contributed by atoms with Crippen LogP contribution in [0.3, 0.4) is 0 Å². The summed E-state index contributed by atoms with van der Waals surface area (Å²) in [5.74, 6) is 0. The van der Waals surface area contributed by atoms with Crippen molar-refractivity contribution in [2.45, 2.75) is 32.4 Å². The van der Waals surface area contributed by atoms with Crippen molar-refractivity contribution in [3.05, 3.63) is 58.3 Å². The van der Waals surface area contributed by atoms with Crippen LogP contribution in [-0.4, -0.2) is 25.1 Å². The lowest BCUT2D eigenvalue weighted by Gasteiger charge is -2.12. The Morgan fingerprint density at radius 2 is 2.09 bits per heavy atom. The van der Waals surface area contributed by atoms with E-state index in [1.165, 1.54) is 28.0 Å². The fourth-order valence-corrected chi connectivity index (χ4v) is 3.17. The molecule has 0 aliphatic carbocycles. The van der Waals surface area contributed by atoms with Crippen LogP contribution in [0.5, 0.6) is 0 Å². The number of hydrogen-bond donors (Lipinski definition) is 1. The SMILES string of the molecule is Cc1nsc2ncn(CC(O)CCc3ccccc3)c(=O)c12. The van der Waals surface area contributed by atoms with Gasteiger partial charge in [-0.05, 0) is 36.9 Å². The maximum Gasteiger partial charge on any atom is 0.264 e. The molecule has 0 radical (unpaired) electrons. The van der Waals surface area contributed by atoms with Gasteiger partial charge in [0.25, 0.3) is 5.56 Å². The molecule has 3 rings (SSSR count). The molecule has 0 bridgehead atoms. The summed E-state index contributed by atoms with van der Waals surface area (Å²) in [4.78, 5) is 17.3. The number of aliphatic hydroxyl groups is 1. The third kappa shape index (κ3) is 3.08. The van der Waals surface area contributed by atoms with Crippen molar-refractivity contribution in [3.8, 4) is 0 Å². The highest BCUT2D eigenvalue weighted by Crippen LogP contribution is 2.15. The average Bonchev–Trinajstić information content (AvgIpc) is 2.91. The van der Waals surface area contributed by atoms with Gasteiger partial charge in [-0.25, -0.2) is 4.98 Å². The second-order valence-corrected chi connectivity index (χ2v) is 6.08. The highest BCUT2D eigenvalue weighted by molar-refractivity contribution is 7.12. The van der Waals surface area contributed by atoms with E-state index in [1.54, 1.807) is 6.92 Å². The number of fused-ring (bicyclic) bond motifs is 1. The van der Waals surface area contributed by atoms with Crippen LogP contribution in [0.4, 0.5) is 0 Å². The van der Waals surface area contributed by atoms with Gasteiger partial charge in [-0.3, -0.25) is 9.36 Å². The van der Waals surface area contributed by atoms with Crippen LogP contribution in [0.15, 0.2) is 41.5 Å². The predicted octanol–water partition coefficient (Wildman–Crippen LogP) is 2.16. The molecule has 114 valence electrons. The van der Waals surface area contributed by atoms with Crippen molar-refractivity contribution in [2.24, 2.45) is 0 Å². The van der Waals surface area contributed by atoms with Crippen molar-refractivity contribution in [1.82, 2.24) is 13.9 Å². The third-order valence-electron chi connectivity index (χ3n) is 3.65. The van der Waals surface area contributed by atoms with Crippen molar-refractivity contribution in [1.29, 1.82) is 0 Å². The van der Waals surface area contributed by atoms with E-state index in [1.807, 2.05) is 30.3 Å². The van der Waals surface area contributed by atoms with Crippen LogP contribution in [0.1, 0.15) is 17.7 Å². The number of benzene rings is 1. The Hall–Kier alpha value is -2.05. The average molecular weight is 315 g/mol. The van der Waals surface area contributed by atoms with Gasteiger partial charge in [0.2, 0.25) is 0 Å². The van der Waals surface area contributed by atoms with Gasteiger partial charge in [0, 0.05) is 0 Å². The lowest BCUT2D eigenvalue weighted by Crippen LogP contribution is -2.27. The topological polar surface area (TPSA) is 68.0 Å². The summed E-state index contributed by atoms with van der Waals surface area (Å²) in [5, 5.41) is 10.7. The standard InChI is InChI=1S/C16H17N3O2S/c1-11-14-15(22-18-11)17-10-19(16(14)21)9-13(20)8-7-12-5-3-2-4-6-12/h2-6,10,13,20H,7-9H2,1H3. The number of aliphatic hydroxyl groups excluding tert-OH is 1. The number of hydrogen-bond acceptors (Lipinski definition) is 5. The summed E-state index contributed by atoms with van der Waals surface area (Å²) in [5.41, 5.74) is 1.75. The predicted molar refractivity (Wildman–Crippen MR) is 87.2 cm³/mol. The summed E-state index contributed by atoms with van der Waals surface area (Å²) in [7, 11) is 0. The summed E-state index contributed by atoms with van der Waals surface area (Å²) in [6.07, 6.45) is 2.30. The van der Waals surface area contributed by atoms with Gasteiger partial charge >= 0.3 is 0 Å². The zero-order chi connectivity index (χ0) is 15.5. The monoisotopic (exact) mass is 315 g/mol. The molecule has 1 aromatic carbocycles. The minimum Gasteiger partial charge on any atom is -0.391 e. The van der Waals surface area contributed by atoms with Gasteiger partial charge in [0.15, 0.2) is 4.83 Å². The second kappa shape index (κ2) is 6.37. The summed E-state index contributed by atoms with van der Waals surface area (Å²) < 4.78 is 5.63. The Balaban J connectivity index is 1.71. The molecule has 0 spiro atoms. The molecule has 2 aromatic heterocycles. The van der Waals surface area contributed by atoms with E-state index < -0.39 is 6.10 Å². The van der Waals surface area contributed by atoms with E-state index in [4.69, 9.17) is 0 Å². The first kappa shape index (κ1) is 14.9. The van der Waals surface area contributed by atoms with E-state index in [0.29, 0.717) is 22.3 Å². The minimum absolute atomic E-state index is 0.130. The van der Waals surface area contributed by atoms with Gasteiger partial charge in [-0.1, -0.05) is 30.3 Å². The van der Waals surface area contributed by atoms with E-state index in [2.05, 4.69) is 9.36 Å². The summed E-state index contributed by atoms with van der Waals surface area (Å²) in [6.45, 7) is 2.06. The molecule has 5 nitrogen and oxygen atoms in total. The lowest BCUT2D eigenvalue weighted by atomic mass is 10.1. The van der Waals surface area contributed by atoms with Crippen LogP contribution in [0.25, 0.3) is 10.2 Å². The fourth-order valence-electron chi connectivity index (χ4n) is 2.44. The maximum absolute atomic E-state index is 12.4. The van der Waals surface area contributed by atoms with Gasteiger partial charge < -0.3 is 5.11 Å².